The Morgan fingerprint density at radius 3 is 2.51 bits per heavy atom. The molecule has 0 aromatic heterocycles. The number of benzene rings is 3. The topological polar surface area (TPSA) is 119 Å². The van der Waals surface area contributed by atoms with Gasteiger partial charge in [0.05, 0.1) is 31.9 Å². The van der Waals surface area contributed by atoms with E-state index in [1.165, 1.54) is 7.11 Å². The van der Waals surface area contributed by atoms with E-state index in [1.807, 2.05) is 43.3 Å². The number of hydrogen-bond acceptors (Lipinski definition) is 9. The molecule has 1 heterocycles. The zero-order chi connectivity index (χ0) is 38.8. The number of allylic oxidation sites excluding steroid dienone is 1. The number of aliphatic hydroxyl groups is 2. The summed E-state index contributed by atoms with van der Waals surface area (Å²) in [6.45, 7) is 11.1. The van der Waals surface area contributed by atoms with Crippen LogP contribution in [-0.2, 0) is 20.9 Å². The molecule has 3 aliphatic rings. The number of unbranched alkanes of at least 4 members (excludes halogenated alkanes) is 2. The third-order valence-corrected chi connectivity index (χ3v) is 11.3. The van der Waals surface area contributed by atoms with E-state index in [-0.39, 0.29) is 50.5 Å². The Hall–Kier alpha value is -4.64. The summed E-state index contributed by atoms with van der Waals surface area (Å²) >= 11 is 0. The molecule has 3 aromatic carbocycles. The van der Waals surface area contributed by atoms with Crippen molar-refractivity contribution in [2.24, 2.45) is 22.9 Å². The molecule has 0 saturated heterocycles. The van der Waals surface area contributed by atoms with Gasteiger partial charge in [0.15, 0.2) is 0 Å². The molecular formula is C45H56N2O8. The van der Waals surface area contributed by atoms with Crippen LogP contribution in [0.25, 0.3) is 10.8 Å². The fourth-order valence-corrected chi connectivity index (χ4v) is 9.07. The Kier molecular flexibility index (Phi) is 13.7. The zero-order valence-corrected chi connectivity index (χ0v) is 32.2. The largest absolute Gasteiger partial charge is 0.490 e. The van der Waals surface area contributed by atoms with Gasteiger partial charge in [-0.15, -0.1) is 6.58 Å². The average molecular weight is 753 g/mol. The summed E-state index contributed by atoms with van der Waals surface area (Å²) < 4.78 is 26.0. The summed E-state index contributed by atoms with van der Waals surface area (Å²) in [6, 6.07) is 19.5. The first kappa shape index (κ1) is 40.0. The van der Waals surface area contributed by atoms with Crippen molar-refractivity contribution in [3.63, 3.8) is 0 Å². The molecule has 1 amide bonds. The fraction of sp³-hybridized carbons (Fsp3) is 0.467. The van der Waals surface area contributed by atoms with Gasteiger partial charge in [-0.1, -0.05) is 85.3 Å². The third-order valence-electron chi connectivity index (χ3n) is 11.3. The van der Waals surface area contributed by atoms with Gasteiger partial charge in [0, 0.05) is 31.1 Å². The smallest absolute Gasteiger partial charge is 0.410 e. The molecule has 0 spiro atoms. The highest BCUT2D eigenvalue weighted by Crippen LogP contribution is 2.62. The minimum Gasteiger partial charge on any atom is -0.490 e. The summed E-state index contributed by atoms with van der Waals surface area (Å²) in [6.07, 6.45) is 10.3. The Bertz CT molecular complexity index is 1850. The summed E-state index contributed by atoms with van der Waals surface area (Å²) in [5.41, 5.74) is 3.66. The van der Waals surface area contributed by atoms with Crippen LogP contribution in [0.5, 0.6) is 11.5 Å². The normalized spacial score (nSPS) is 24.5. The van der Waals surface area contributed by atoms with Gasteiger partial charge in [0.1, 0.15) is 30.8 Å². The van der Waals surface area contributed by atoms with Crippen molar-refractivity contribution in [3.05, 3.63) is 109 Å². The van der Waals surface area contributed by atoms with Gasteiger partial charge in [0.2, 0.25) is 5.79 Å². The van der Waals surface area contributed by atoms with Crippen molar-refractivity contribution in [2.75, 3.05) is 40.1 Å². The van der Waals surface area contributed by atoms with E-state index in [9.17, 15) is 15.0 Å². The molecule has 0 radical (unpaired) electrons. The molecule has 3 aromatic rings. The van der Waals surface area contributed by atoms with Gasteiger partial charge in [0.25, 0.3) is 0 Å². The second-order valence-corrected chi connectivity index (χ2v) is 14.5. The first-order valence-electron chi connectivity index (χ1n) is 19.7. The van der Waals surface area contributed by atoms with E-state index >= 15 is 0 Å². The highest BCUT2D eigenvalue weighted by atomic mass is 16.7. The number of hydrogen-bond donors (Lipinski definition) is 2. The Balaban J connectivity index is 1.61. The van der Waals surface area contributed by atoms with Crippen molar-refractivity contribution in [1.29, 1.82) is 0 Å². The van der Waals surface area contributed by atoms with Gasteiger partial charge in [-0.3, -0.25) is 4.90 Å². The molecule has 2 aliphatic carbocycles. The second kappa shape index (κ2) is 18.8. The minimum absolute atomic E-state index is 0.0970. The lowest BCUT2D eigenvalue weighted by molar-refractivity contribution is -0.256. The molecule has 1 saturated carbocycles. The lowest BCUT2D eigenvalue weighted by atomic mass is 9.55. The molecule has 6 rings (SSSR count). The number of methoxy groups -OCH3 is 1. The molecular weight excluding hydrogens is 697 g/mol. The molecule has 6 atom stereocenters. The number of ether oxygens (including phenoxy) is 4. The number of carbonyl (C=O) groups excluding carboxylic acids is 1. The number of aliphatic hydroxyl groups excluding tert-OH is 2. The van der Waals surface area contributed by atoms with Crippen LogP contribution in [0.3, 0.4) is 0 Å². The zero-order valence-electron chi connectivity index (χ0n) is 32.2. The van der Waals surface area contributed by atoms with Crippen LogP contribution in [0.15, 0.2) is 103 Å². The van der Waals surface area contributed by atoms with Gasteiger partial charge in [-0.25, -0.2) is 4.79 Å². The van der Waals surface area contributed by atoms with Gasteiger partial charge >= 0.3 is 6.09 Å². The first-order valence-corrected chi connectivity index (χ1v) is 19.7. The predicted octanol–water partition coefficient (Wildman–Crippen LogP) is 8.33. The van der Waals surface area contributed by atoms with Crippen molar-refractivity contribution in [3.8, 4) is 11.5 Å². The standard InChI is InChI=1S/C45H56N2O8/c1-5-25-52-34-21-22-40-38(28-34)42-36(20-11-13-24-49)32(16-10-12-23-48)27-37-39(46-54-7-3)29-41(45(55-40,43(37)42)53-26-6-2)47(44(50)51-4)30-33-18-14-17-31-15-8-9-19-35(31)33/h5-6,8-9,14-15,17-19,21-22,27-28,32,36,41-43,48-49H,1-2,7,10-13,16,20,23-26,29-30H2,3-4H3. The maximum absolute atomic E-state index is 14.3. The average Bonchev–Trinajstić information content (AvgIpc) is 3.21. The lowest BCUT2D eigenvalue weighted by Gasteiger charge is -2.59. The van der Waals surface area contributed by atoms with E-state index in [0.29, 0.717) is 37.6 Å². The predicted molar refractivity (Wildman–Crippen MR) is 214 cm³/mol. The third kappa shape index (κ3) is 8.32. The number of rotatable bonds is 19. The van der Waals surface area contributed by atoms with Crippen molar-refractivity contribution >= 4 is 22.6 Å². The number of oxime groups is 1. The molecule has 10 nitrogen and oxygen atoms in total. The summed E-state index contributed by atoms with van der Waals surface area (Å²) in [5, 5.41) is 26.6. The monoisotopic (exact) mass is 752 g/mol. The molecule has 2 N–H and O–H groups in total. The Morgan fingerprint density at radius 1 is 1.00 bits per heavy atom. The quantitative estimate of drug-likeness (QED) is 0.0713. The maximum atomic E-state index is 14.3. The van der Waals surface area contributed by atoms with Crippen molar-refractivity contribution < 1.29 is 38.8 Å². The number of fused-ring (bicyclic) bond motifs is 3. The summed E-state index contributed by atoms with van der Waals surface area (Å²) in [4.78, 5) is 21.8. The van der Waals surface area contributed by atoms with Crippen LogP contribution in [-0.4, -0.2) is 78.9 Å². The first-order chi connectivity index (χ1) is 26.9. The number of amides is 1. The van der Waals surface area contributed by atoms with Crippen LogP contribution in [0.2, 0.25) is 0 Å². The van der Waals surface area contributed by atoms with Gasteiger partial charge in [-0.2, -0.15) is 0 Å². The molecule has 55 heavy (non-hydrogen) atoms. The molecule has 1 aliphatic heterocycles. The Morgan fingerprint density at radius 2 is 1.76 bits per heavy atom. The molecule has 1 fully saturated rings. The van der Waals surface area contributed by atoms with Crippen molar-refractivity contribution in [2.45, 2.75) is 76.2 Å². The van der Waals surface area contributed by atoms with Crippen LogP contribution < -0.4 is 9.47 Å². The maximum Gasteiger partial charge on any atom is 0.410 e. The molecule has 0 bridgehead atoms. The Labute approximate surface area is 325 Å². The highest BCUT2D eigenvalue weighted by Gasteiger charge is 2.65. The van der Waals surface area contributed by atoms with Crippen LogP contribution in [0.4, 0.5) is 4.79 Å². The summed E-state index contributed by atoms with van der Waals surface area (Å²) in [5.74, 6) is -0.407. The van der Waals surface area contributed by atoms with Crippen molar-refractivity contribution in [1.82, 2.24) is 4.90 Å². The minimum atomic E-state index is -1.39. The van der Waals surface area contributed by atoms with E-state index in [2.05, 4.69) is 43.5 Å². The van der Waals surface area contributed by atoms with Crippen LogP contribution in [0.1, 0.15) is 68.9 Å². The van der Waals surface area contributed by atoms with E-state index in [0.717, 1.165) is 58.9 Å². The van der Waals surface area contributed by atoms with E-state index in [1.54, 1.807) is 17.1 Å². The number of carbonyl (C=O) groups is 1. The van der Waals surface area contributed by atoms with Crippen LogP contribution >= 0.6 is 0 Å². The highest BCUT2D eigenvalue weighted by molar-refractivity contribution is 6.03. The fourth-order valence-electron chi connectivity index (χ4n) is 9.07. The van der Waals surface area contributed by atoms with Gasteiger partial charge in [-0.05, 0) is 84.6 Å². The second-order valence-electron chi connectivity index (χ2n) is 14.5. The van der Waals surface area contributed by atoms with Crippen LogP contribution in [0, 0.1) is 17.8 Å². The lowest BCUT2D eigenvalue weighted by Crippen LogP contribution is -2.70. The van der Waals surface area contributed by atoms with Gasteiger partial charge < -0.3 is 34.0 Å². The molecule has 6 unspecified atom stereocenters. The number of nitrogens with zero attached hydrogens (tertiary/aromatic N) is 2. The summed E-state index contributed by atoms with van der Waals surface area (Å²) in [7, 11) is 1.40. The molecule has 294 valence electrons. The SMILES string of the molecule is C=CCOc1ccc2c(c1)C1C(CCCCO)C(CCCCO)C=C3C(=NOCC)CC(N(Cc4cccc5ccccc45)C(=O)OC)C(OCC=C)(O2)C31. The molecule has 10 heteroatoms. The van der Waals surface area contributed by atoms with E-state index < -0.39 is 23.8 Å². The van der Waals surface area contributed by atoms with E-state index in [4.69, 9.17) is 28.9 Å².